The second-order valence-electron chi connectivity index (χ2n) is 12.1. The van der Waals surface area contributed by atoms with Gasteiger partial charge in [0.05, 0.1) is 34.2 Å². The van der Waals surface area contributed by atoms with Crippen molar-refractivity contribution in [1.82, 2.24) is 24.4 Å². The van der Waals surface area contributed by atoms with Crippen LogP contribution in [-0.2, 0) is 19.4 Å². The number of nitrogens with zero attached hydrogens (tertiary/aromatic N) is 5. The number of rotatable bonds is 8. The van der Waals surface area contributed by atoms with Crippen LogP contribution in [0.3, 0.4) is 0 Å². The van der Waals surface area contributed by atoms with Crippen molar-refractivity contribution in [2.45, 2.75) is 64.5 Å². The highest BCUT2D eigenvalue weighted by molar-refractivity contribution is 7.18. The summed E-state index contributed by atoms with van der Waals surface area (Å²) in [7, 11) is 0. The molecule has 46 heavy (non-hydrogen) atoms. The number of fused-ring (bicyclic) bond motifs is 2. The molecule has 12 heteroatoms. The fourth-order valence-corrected chi connectivity index (χ4v) is 8.09. The van der Waals surface area contributed by atoms with Crippen molar-refractivity contribution in [2.24, 2.45) is 0 Å². The predicted molar refractivity (Wildman–Crippen MR) is 176 cm³/mol. The molecule has 0 radical (unpaired) electrons. The highest BCUT2D eigenvalue weighted by Gasteiger charge is 2.32. The van der Waals surface area contributed by atoms with Crippen LogP contribution in [0.5, 0.6) is 5.75 Å². The Morgan fingerprint density at radius 3 is 2.74 bits per heavy atom. The smallest absolute Gasteiger partial charge is 0.338 e. The Balaban J connectivity index is 1.08. The number of aryl methyl sites for hydroxylation is 3. The van der Waals surface area contributed by atoms with Gasteiger partial charge in [-0.25, -0.2) is 14.8 Å². The van der Waals surface area contributed by atoms with E-state index in [0.29, 0.717) is 52.7 Å². The number of aromatic nitrogens is 4. The maximum atomic E-state index is 13.8. The molecule has 238 valence electrons. The van der Waals surface area contributed by atoms with Crippen molar-refractivity contribution in [3.05, 3.63) is 91.7 Å². The molecular formula is C34H34ClN5O5S. The maximum Gasteiger partial charge on any atom is 0.338 e. The number of carboxylic acid groups (broad SMARTS) is 1. The zero-order valence-corrected chi connectivity index (χ0v) is 27.2. The number of halogens is 1. The largest absolute Gasteiger partial charge is 0.491 e. The first-order valence-electron chi connectivity index (χ1n) is 15.5. The summed E-state index contributed by atoms with van der Waals surface area (Å²) in [6.07, 6.45) is 7.85. The van der Waals surface area contributed by atoms with Crippen LogP contribution >= 0.6 is 22.9 Å². The molecule has 5 aromatic rings. The van der Waals surface area contributed by atoms with E-state index < -0.39 is 5.97 Å². The number of pyridine rings is 1. The van der Waals surface area contributed by atoms with Crippen LogP contribution in [-0.4, -0.2) is 61.2 Å². The van der Waals surface area contributed by atoms with Gasteiger partial charge in [-0.3, -0.25) is 19.2 Å². The Morgan fingerprint density at radius 2 is 1.98 bits per heavy atom. The Morgan fingerprint density at radius 1 is 1.15 bits per heavy atom. The molecule has 0 saturated carbocycles. The summed E-state index contributed by atoms with van der Waals surface area (Å²) in [5.74, 6) is 1.43. The van der Waals surface area contributed by atoms with Crippen LogP contribution in [0.15, 0.2) is 51.3 Å². The first kappa shape index (κ1) is 30.6. The quantitative estimate of drug-likeness (QED) is 0.205. The number of hydrogen-bond acceptors (Lipinski definition) is 9. The third kappa shape index (κ3) is 5.83. The van der Waals surface area contributed by atoms with Gasteiger partial charge in [-0.15, -0.1) is 11.3 Å². The van der Waals surface area contributed by atoms with Crippen LogP contribution < -0.4 is 10.3 Å². The zero-order valence-electron chi connectivity index (χ0n) is 25.7. The SMILES string of the molecule is Cc1cc(-c2cc(Cl)ccc2OCCn2c(C)nc3c(c2=O)C[C@H](N2CCC(c4ncco4)CC2)CC3)c2scc(C(=O)O)c2n1. The molecule has 1 atom stereocenters. The van der Waals surface area contributed by atoms with Crippen molar-refractivity contribution in [2.75, 3.05) is 19.7 Å². The van der Waals surface area contributed by atoms with Crippen molar-refractivity contribution in [3.8, 4) is 16.9 Å². The second kappa shape index (κ2) is 12.6. The molecule has 1 aromatic carbocycles. The molecule has 10 nitrogen and oxygen atoms in total. The monoisotopic (exact) mass is 659 g/mol. The number of benzene rings is 1. The molecule has 0 unspecified atom stereocenters. The van der Waals surface area contributed by atoms with Gasteiger partial charge in [0.25, 0.3) is 5.56 Å². The number of ether oxygens (including phenoxy) is 1. The van der Waals surface area contributed by atoms with Crippen molar-refractivity contribution in [1.29, 1.82) is 0 Å². The molecule has 1 aliphatic carbocycles. The molecule has 4 aromatic heterocycles. The Bertz CT molecular complexity index is 1980. The highest BCUT2D eigenvalue weighted by Crippen LogP contribution is 2.40. The van der Waals surface area contributed by atoms with Crippen LogP contribution in [0.2, 0.25) is 5.02 Å². The van der Waals surface area contributed by atoms with Gasteiger partial charge in [-0.1, -0.05) is 11.6 Å². The molecular weight excluding hydrogens is 626 g/mol. The topological polar surface area (TPSA) is 124 Å². The van der Waals surface area contributed by atoms with Gasteiger partial charge in [0.1, 0.15) is 24.4 Å². The summed E-state index contributed by atoms with van der Waals surface area (Å²) in [4.78, 5) is 41.9. The third-order valence-corrected chi connectivity index (χ3v) is 10.5. The molecule has 2 aliphatic rings. The van der Waals surface area contributed by atoms with Gasteiger partial charge in [0, 0.05) is 44.7 Å². The number of carboxylic acids is 1. The molecule has 5 heterocycles. The van der Waals surface area contributed by atoms with Gasteiger partial charge < -0.3 is 14.3 Å². The first-order chi connectivity index (χ1) is 22.3. The summed E-state index contributed by atoms with van der Waals surface area (Å²) in [5, 5.41) is 11.8. The van der Waals surface area contributed by atoms with Gasteiger partial charge in [-0.05, 0) is 83.3 Å². The van der Waals surface area contributed by atoms with E-state index in [1.165, 1.54) is 11.3 Å². The first-order valence-corrected chi connectivity index (χ1v) is 16.8. The summed E-state index contributed by atoms with van der Waals surface area (Å²) in [5.41, 5.74) is 4.58. The molecule has 1 N–H and O–H groups in total. The number of hydrogen-bond donors (Lipinski definition) is 1. The lowest BCUT2D eigenvalue weighted by atomic mass is 9.88. The Hall–Kier alpha value is -4.06. The summed E-state index contributed by atoms with van der Waals surface area (Å²) < 4.78 is 14.3. The number of carbonyl (C=O) groups is 1. The van der Waals surface area contributed by atoms with Gasteiger partial charge in [0.2, 0.25) is 0 Å². The highest BCUT2D eigenvalue weighted by atomic mass is 35.5. The number of aromatic carboxylic acids is 1. The Kier molecular flexibility index (Phi) is 8.39. The van der Waals surface area contributed by atoms with E-state index in [1.54, 1.807) is 34.5 Å². The molecule has 7 rings (SSSR count). The second-order valence-corrected chi connectivity index (χ2v) is 13.4. The number of oxazole rings is 1. The van der Waals surface area contributed by atoms with Gasteiger partial charge >= 0.3 is 5.97 Å². The van der Waals surface area contributed by atoms with E-state index in [0.717, 1.165) is 71.7 Å². The molecule has 0 amide bonds. The lowest BCUT2D eigenvalue weighted by molar-refractivity contribution is 0.0699. The number of piperidine rings is 1. The molecule has 1 fully saturated rings. The van der Waals surface area contributed by atoms with Crippen LogP contribution in [0.25, 0.3) is 21.3 Å². The van der Waals surface area contributed by atoms with Crippen LogP contribution in [0, 0.1) is 13.8 Å². The standard InChI is InChI=1S/C34H34ClN5O5S/c1-19-15-25(31-30(37-19)27(18-46-31)34(42)43)24-16-22(35)3-6-29(24)44-14-12-40-20(2)38-28-5-4-23(17-26(28)33(40)41)39-10-7-21(8-11-39)32-36-9-13-45-32/h3,6,9,13,15-16,18,21,23H,4-5,7-8,10-12,14,17H2,1-2H3,(H,42,43)/t23-/m1/s1. The van der Waals surface area contributed by atoms with E-state index in [2.05, 4.69) is 14.9 Å². The fourth-order valence-electron chi connectivity index (χ4n) is 6.91. The van der Waals surface area contributed by atoms with Crippen LogP contribution in [0.4, 0.5) is 0 Å². The van der Waals surface area contributed by atoms with E-state index in [4.69, 9.17) is 25.7 Å². The summed E-state index contributed by atoms with van der Waals surface area (Å²) in [6.45, 7) is 6.22. The molecule has 0 bridgehead atoms. The fraction of sp³-hybridized carbons (Fsp3) is 0.382. The minimum Gasteiger partial charge on any atom is -0.491 e. The zero-order chi connectivity index (χ0) is 31.9. The van der Waals surface area contributed by atoms with Crippen molar-refractivity contribution >= 4 is 39.1 Å². The molecule has 1 aliphatic heterocycles. The number of thiophene rings is 1. The van der Waals surface area contributed by atoms with E-state index in [9.17, 15) is 14.7 Å². The van der Waals surface area contributed by atoms with Crippen molar-refractivity contribution < 1.29 is 19.1 Å². The summed E-state index contributed by atoms with van der Waals surface area (Å²) >= 11 is 7.75. The van der Waals surface area contributed by atoms with E-state index in [1.807, 2.05) is 26.0 Å². The van der Waals surface area contributed by atoms with Gasteiger partial charge in [0.15, 0.2) is 5.89 Å². The normalized spacial score (nSPS) is 17.3. The third-order valence-electron chi connectivity index (χ3n) is 9.23. The number of likely N-dealkylation sites (tertiary alicyclic amines) is 1. The average molecular weight is 660 g/mol. The predicted octanol–water partition coefficient (Wildman–Crippen LogP) is 6.29. The maximum absolute atomic E-state index is 13.8. The Labute approximate surface area is 274 Å². The average Bonchev–Trinajstić information content (AvgIpc) is 3.74. The lowest BCUT2D eigenvalue weighted by Crippen LogP contribution is -2.46. The minimum absolute atomic E-state index is 0.00746. The van der Waals surface area contributed by atoms with Crippen LogP contribution in [0.1, 0.15) is 64.2 Å². The summed E-state index contributed by atoms with van der Waals surface area (Å²) in [6, 6.07) is 7.61. The van der Waals surface area contributed by atoms with E-state index in [-0.39, 0.29) is 17.7 Å². The van der Waals surface area contributed by atoms with Crippen molar-refractivity contribution in [3.63, 3.8) is 0 Å². The molecule has 0 spiro atoms. The molecule has 1 saturated heterocycles. The van der Waals surface area contributed by atoms with Gasteiger partial charge in [-0.2, -0.15) is 0 Å². The lowest BCUT2D eigenvalue weighted by Gasteiger charge is -2.38. The minimum atomic E-state index is -1.02. The van der Waals surface area contributed by atoms with E-state index >= 15 is 0 Å².